The average Bonchev–Trinajstić information content (AvgIpc) is 3.05. The van der Waals surface area contributed by atoms with E-state index in [-0.39, 0.29) is 30.6 Å². The molecule has 2 aliphatic rings. The number of carbonyl (C=O) groups excluding carboxylic acids is 1. The number of ether oxygens (including phenoxy) is 1. The molecule has 98 valence electrons. The first-order chi connectivity index (χ1) is 8.79. The zero-order valence-electron chi connectivity index (χ0n) is 10.2. The summed E-state index contributed by atoms with van der Waals surface area (Å²) in [6.07, 6.45) is 5.29. The van der Waals surface area contributed by atoms with E-state index in [1.165, 1.54) is 0 Å². The van der Waals surface area contributed by atoms with Crippen molar-refractivity contribution in [3.05, 3.63) is 24.0 Å². The molecule has 5 nitrogen and oxygen atoms in total. The standard InChI is InChI=1S/C13H18N2O3/c16-8-9-5-11-12(6-9)18-4-3-15(11)13(17)10-1-2-14-7-10/h1-2,7,9,11-12,14,16H,3-6,8H2/t9-,11+,12+/m1/s1. The lowest BCUT2D eigenvalue weighted by atomic mass is 10.1. The first kappa shape index (κ1) is 11.7. The third kappa shape index (κ3) is 1.93. The number of carbonyl (C=O) groups is 1. The van der Waals surface area contributed by atoms with Crippen molar-refractivity contribution in [1.82, 2.24) is 9.88 Å². The van der Waals surface area contributed by atoms with Crippen LogP contribution in [0.1, 0.15) is 23.2 Å². The SMILES string of the molecule is O=C(c1cc[nH]c1)N1CCO[C@H]2C[C@H](CO)C[C@@H]21. The van der Waals surface area contributed by atoms with E-state index in [1.54, 1.807) is 18.5 Å². The molecule has 3 atom stereocenters. The molecule has 1 aliphatic carbocycles. The highest BCUT2D eigenvalue weighted by Gasteiger charge is 2.42. The van der Waals surface area contributed by atoms with E-state index in [0.29, 0.717) is 18.7 Å². The van der Waals surface area contributed by atoms with Gasteiger partial charge in [0.15, 0.2) is 0 Å². The van der Waals surface area contributed by atoms with Crippen molar-refractivity contribution in [2.24, 2.45) is 5.92 Å². The summed E-state index contributed by atoms with van der Waals surface area (Å²) in [4.78, 5) is 17.2. The minimum atomic E-state index is 0.0631. The molecule has 0 radical (unpaired) electrons. The Morgan fingerprint density at radius 2 is 2.44 bits per heavy atom. The third-order valence-electron chi connectivity index (χ3n) is 4.00. The molecule has 1 saturated carbocycles. The summed E-state index contributed by atoms with van der Waals surface area (Å²) in [5, 5.41) is 9.26. The Kier molecular flexibility index (Phi) is 3.09. The maximum absolute atomic E-state index is 12.4. The first-order valence-electron chi connectivity index (χ1n) is 6.46. The van der Waals surface area contributed by atoms with Crippen LogP contribution in [-0.2, 0) is 4.74 Å². The molecule has 0 bridgehead atoms. The molecule has 2 N–H and O–H groups in total. The molecule has 0 spiro atoms. The van der Waals surface area contributed by atoms with Crippen molar-refractivity contribution in [1.29, 1.82) is 0 Å². The molecule has 0 aromatic carbocycles. The van der Waals surface area contributed by atoms with Crippen molar-refractivity contribution < 1.29 is 14.6 Å². The number of nitrogens with one attached hydrogen (secondary N) is 1. The number of aliphatic hydroxyl groups excluding tert-OH is 1. The van der Waals surface area contributed by atoms with Gasteiger partial charge >= 0.3 is 0 Å². The lowest BCUT2D eigenvalue weighted by Crippen LogP contribution is -2.51. The second-order valence-electron chi connectivity index (χ2n) is 5.09. The highest BCUT2D eigenvalue weighted by molar-refractivity contribution is 5.94. The minimum Gasteiger partial charge on any atom is -0.396 e. The van der Waals surface area contributed by atoms with E-state index in [0.717, 1.165) is 12.8 Å². The first-order valence-corrected chi connectivity index (χ1v) is 6.46. The monoisotopic (exact) mass is 250 g/mol. The van der Waals surface area contributed by atoms with Gasteiger partial charge in [0.1, 0.15) is 0 Å². The maximum Gasteiger partial charge on any atom is 0.255 e. The molecular weight excluding hydrogens is 232 g/mol. The van der Waals surface area contributed by atoms with Gasteiger partial charge in [-0.25, -0.2) is 0 Å². The van der Waals surface area contributed by atoms with Crippen LogP contribution >= 0.6 is 0 Å². The van der Waals surface area contributed by atoms with Gasteiger partial charge in [0.2, 0.25) is 0 Å². The number of morpholine rings is 1. The Hall–Kier alpha value is -1.33. The van der Waals surface area contributed by atoms with Gasteiger partial charge in [0.05, 0.1) is 24.3 Å². The number of amides is 1. The Balaban J connectivity index is 1.77. The molecule has 1 aromatic rings. The summed E-state index contributed by atoms with van der Waals surface area (Å²) in [6, 6.07) is 1.92. The van der Waals surface area contributed by atoms with E-state index >= 15 is 0 Å². The van der Waals surface area contributed by atoms with Gasteiger partial charge in [-0.05, 0) is 24.8 Å². The summed E-state index contributed by atoms with van der Waals surface area (Å²) in [5.74, 6) is 0.327. The van der Waals surface area contributed by atoms with E-state index < -0.39 is 0 Å². The number of aliphatic hydroxyl groups is 1. The van der Waals surface area contributed by atoms with Crippen molar-refractivity contribution in [3.8, 4) is 0 Å². The number of fused-ring (bicyclic) bond motifs is 1. The summed E-state index contributed by atoms with van der Waals surface area (Å²) >= 11 is 0. The molecule has 1 amide bonds. The fourth-order valence-corrected chi connectivity index (χ4v) is 3.07. The van der Waals surface area contributed by atoms with Crippen LogP contribution in [0.15, 0.2) is 18.5 Å². The second kappa shape index (κ2) is 4.74. The second-order valence-corrected chi connectivity index (χ2v) is 5.09. The number of hydrogen-bond donors (Lipinski definition) is 2. The Labute approximate surface area is 106 Å². The normalized spacial score (nSPS) is 31.4. The number of nitrogens with zero attached hydrogens (tertiary/aromatic N) is 1. The fourth-order valence-electron chi connectivity index (χ4n) is 3.07. The van der Waals surface area contributed by atoms with Gasteiger partial charge in [-0.2, -0.15) is 0 Å². The van der Waals surface area contributed by atoms with Crippen molar-refractivity contribution in [2.75, 3.05) is 19.8 Å². The molecule has 0 unspecified atom stereocenters. The quantitative estimate of drug-likeness (QED) is 0.809. The number of hydrogen-bond acceptors (Lipinski definition) is 3. The predicted molar refractivity (Wildman–Crippen MR) is 65.2 cm³/mol. The summed E-state index contributed by atoms with van der Waals surface area (Å²) in [5.41, 5.74) is 0.697. The highest BCUT2D eigenvalue weighted by atomic mass is 16.5. The average molecular weight is 250 g/mol. The van der Waals surface area contributed by atoms with Crippen molar-refractivity contribution in [3.63, 3.8) is 0 Å². The summed E-state index contributed by atoms with van der Waals surface area (Å²) in [6.45, 7) is 1.42. The molecule has 1 saturated heterocycles. The molecule has 2 heterocycles. The van der Waals surface area contributed by atoms with Gasteiger partial charge in [-0.15, -0.1) is 0 Å². The Morgan fingerprint density at radius 1 is 1.56 bits per heavy atom. The molecule has 18 heavy (non-hydrogen) atoms. The predicted octanol–water partition coefficient (Wildman–Crippen LogP) is 0.627. The van der Waals surface area contributed by atoms with Gasteiger partial charge < -0.3 is 19.7 Å². The molecule has 5 heteroatoms. The van der Waals surface area contributed by atoms with E-state index in [1.807, 2.05) is 4.90 Å². The van der Waals surface area contributed by atoms with Crippen LogP contribution in [0.4, 0.5) is 0 Å². The highest BCUT2D eigenvalue weighted by Crippen LogP contribution is 2.34. The Bertz CT molecular complexity index is 418. The smallest absolute Gasteiger partial charge is 0.255 e. The minimum absolute atomic E-state index is 0.0631. The zero-order chi connectivity index (χ0) is 12.5. The summed E-state index contributed by atoms with van der Waals surface area (Å²) < 4.78 is 5.72. The van der Waals surface area contributed by atoms with Crippen molar-refractivity contribution in [2.45, 2.75) is 25.0 Å². The Morgan fingerprint density at radius 3 is 3.17 bits per heavy atom. The fraction of sp³-hybridized carbons (Fsp3) is 0.615. The lowest BCUT2D eigenvalue weighted by molar-refractivity contribution is -0.0448. The largest absolute Gasteiger partial charge is 0.396 e. The number of aromatic amines is 1. The van der Waals surface area contributed by atoms with E-state index in [4.69, 9.17) is 4.74 Å². The van der Waals surface area contributed by atoms with Gasteiger partial charge in [0, 0.05) is 25.5 Å². The van der Waals surface area contributed by atoms with Crippen LogP contribution in [0, 0.1) is 5.92 Å². The molecule has 3 rings (SSSR count). The maximum atomic E-state index is 12.4. The van der Waals surface area contributed by atoms with Crippen LogP contribution in [0.2, 0.25) is 0 Å². The summed E-state index contributed by atoms with van der Waals surface area (Å²) in [7, 11) is 0. The van der Waals surface area contributed by atoms with E-state index in [9.17, 15) is 9.90 Å². The molecular formula is C13H18N2O3. The number of aromatic nitrogens is 1. The third-order valence-corrected chi connectivity index (χ3v) is 4.00. The van der Waals surface area contributed by atoms with Crippen LogP contribution < -0.4 is 0 Å². The van der Waals surface area contributed by atoms with Crippen molar-refractivity contribution >= 4 is 5.91 Å². The number of H-pyrrole nitrogens is 1. The molecule has 1 aliphatic heterocycles. The van der Waals surface area contributed by atoms with Gasteiger partial charge in [-0.3, -0.25) is 4.79 Å². The topological polar surface area (TPSA) is 65.6 Å². The lowest BCUT2D eigenvalue weighted by Gasteiger charge is -2.37. The van der Waals surface area contributed by atoms with Crippen LogP contribution in [-0.4, -0.2) is 52.8 Å². The van der Waals surface area contributed by atoms with Crippen LogP contribution in [0.5, 0.6) is 0 Å². The van der Waals surface area contributed by atoms with Crippen LogP contribution in [0.3, 0.4) is 0 Å². The van der Waals surface area contributed by atoms with E-state index in [2.05, 4.69) is 4.98 Å². The van der Waals surface area contributed by atoms with Gasteiger partial charge in [0.25, 0.3) is 5.91 Å². The molecule has 2 fully saturated rings. The van der Waals surface area contributed by atoms with Crippen LogP contribution in [0.25, 0.3) is 0 Å². The van der Waals surface area contributed by atoms with Gasteiger partial charge in [-0.1, -0.05) is 0 Å². The zero-order valence-corrected chi connectivity index (χ0v) is 10.2. The number of rotatable bonds is 2. The molecule has 1 aromatic heterocycles.